The number of anilines is 1. The molecule has 1 aliphatic rings. The van der Waals surface area contributed by atoms with Gasteiger partial charge in [-0.1, -0.05) is 30.3 Å². The highest BCUT2D eigenvalue weighted by molar-refractivity contribution is 5.79. The van der Waals surface area contributed by atoms with E-state index in [9.17, 15) is 4.79 Å². The third-order valence-corrected chi connectivity index (χ3v) is 5.15. The van der Waals surface area contributed by atoms with Crippen LogP contribution >= 0.6 is 0 Å². The molecule has 1 amide bonds. The number of amides is 1. The molecule has 0 unspecified atom stereocenters. The minimum absolute atomic E-state index is 0.0713. The number of hydrogen-bond donors (Lipinski definition) is 1. The Morgan fingerprint density at radius 1 is 1.11 bits per heavy atom. The molecular formula is C21H24N6O. The van der Waals surface area contributed by atoms with Gasteiger partial charge in [-0.3, -0.25) is 9.36 Å². The lowest BCUT2D eigenvalue weighted by atomic mass is 9.96. The fourth-order valence-electron chi connectivity index (χ4n) is 3.54. The molecule has 0 aliphatic carbocycles. The number of carbonyl (C=O) groups is 1. The van der Waals surface area contributed by atoms with Crippen LogP contribution in [0.15, 0.2) is 61.4 Å². The van der Waals surface area contributed by atoms with E-state index in [0.717, 1.165) is 44.0 Å². The van der Waals surface area contributed by atoms with Gasteiger partial charge in [0.25, 0.3) is 0 Å². The summed E-state index contributed by atoms with van der Waals surface area (Å²) in [6.45, 7) is 2.32. The maximum absolute atomic E-state index is 12.5. The summed E-state index contributed by atoms with van der Waals surface area (Å²) in [4.78, 5) is 27.5. The van der Waals surface area contributed by atoms with E-state index in [1.807, 2.05) is 35.0 Å². The van der Waals surface area contributed by atoms with Crippen LogP contribution in [0, 0.1) is 5.92 Å². The Balaban J connectivity index is 1.27. The summed E-state index contributed by atoms with van der Waals surface area (Å²) in [5.41, 5.74) is 1.25. The Kier molecular flexibility index (Phi) is 5.61. The van der Waals surface area contributed by atoms with Gasteiger partial charge in [0.15, 0.2) is 0 Å². The second kappa shape index (κ2) is 8.65. The first-order valence-electron chi connectivity index (χ1n) is 9.66. The molecule has 3 heterocycles. The van der Waals surface area contributed by atoms with Crippen molar-refractivity contribution in [3.05, 3.63) is 67.0 Å². The minimum atomic E-state index is 0.0713. The highest BCUT2D eigenvalue weighted by Crippen LogP contribution is 2.22. The van der Waals surface area contributed by atoms with E-state index in [1.54, 1.807) is 18.9 Å². The summed E-state index contributed by atoms with van der Waals surface area (Å²) >= 11 is 0. The normalized spacial score (nSPS) is 14.8. The lowest BCUT2D eigenvalue weighted by Crippen LogP contribution is -2.41. The van der Waals surface area contributed by atoms with E-state index in [2.05, 4.69) is 37.3 Å². The van der Waals surface area contributed by atoms with Crippen LogP contribution in [0.2, 0.25) is 0 Å². The molecule has 4 rings (SSSR count). The monoisotopic (exact) mass is 376 g/mol. The number of benzene rings is 1. The van der Waals surface area contributed by atoms with Crippen LogP contribution in [0.1, 0.15) is 18.4 Å². The van der Waals surface area contributed by atoms with Crippen molar-refractivity contribution in [2.75, 3.05) is 24.5 Å². The van der Waals surface area contributed by atoms with Crippen LogP contribution in [0.25, 0.3) is 5.82 Å². The van der Waals surface area contributed by atoms with Crippen LogP contribution < -0.4 is 10.2 Å². The largest absolute Gasteiger partial charge is 0.356 e. The van der Waals surface area contributed by atoms with E-state index in [-0.39, 0.29) is 11.8 Å². The average Bonchev–Trinajstić information content (AvgIpc) is 3.30. The van der Waals surface area contributed by atoms with Crippen LogP contribution in [0.3, 0.4) is 0 Å². The van der Waals surface area contributed by atoms with Gasteiger partial charge in [-0.05, 0) is 24.8 Å². The third kappa shape index (κ3) is 4.36. The first-order valence-corrected chi connectivity index (χ1v) is 9.66. The molecule has 0 radical (unpaired) electrons. The zero-order valence-electron chi connectivity index (χ0n) is 15.7. The Hall–Kier alpha value is -3.22. The van der Waals surface area contributed by atoms with Gasteiger partial charge in [0.1, 0.15) is 24.3 Å². The number of nitrogens with one attached hydrogen (secondary N) is 1. The maximum atomic E-state index is 12.5. The van der Waals surface area contributed by atoms with E-state index in [1.165, 1.54) is 5.56 Å². The Morgan fingerprint density at radius 2 is 1.89 bits per heavy atom. The van der Waals surface area contributed by atoms with Crippen LogP contribution in [0.4, 0.5) is 5.82 Å². The van der Waals surface area contributed by atoms with Gasteiger partial charge in [-0.2, -0.15) is 0 Å². The van der Waals surface area contributed by atoms with E-state index < -0.39 is 0 Å². The van der Waals surface area contributed by atoms with Gasteiger partial charge in [0.05, 0.1) is 0 Å². The first-order chi connectivity index (χ1) is 13.8. The van der Waals surface area contributed by atoms with Gasteiger partial charge in [0, 0.05) is 44.0 Å². The van der Waals surface area contributed by atoms with Gasteiger partial charge >= 0.3 is 0 Å². The molecule has 7 heteroatoms. The fourth-order valence-corrected chi connectivity index (χ4v) is 3.54. The van der Waals surface area contributed by atoms with E-state index in [4.69, 9.17) is 0 Å². The second-order valence-electron chi connectivity index (χ2n) is 6.99. The van der Waals surface area contributed by atoms with Crippen molar-refractivity contribution in [2.45, 2.75) is 19.3 Å². The number of piperidine rings is 1. The van der Waals surface area contributed by atoms with Crippen molar-refractivity contribution in [1.82, 2.24) is 24.8 Å². The zero-order chi connectivity index (χ0) is 19.2. The molecule has 1 saturated heterocycles. The smallest absolute Gasteiger partial charge is 0.223 e. The zero-order valence-corrected chi connectivity index (χ0v) is 15.7. The molecule has 28 heavy (non-hydrogen) atoms. The second-order valence-corrected chi connectivity index (χ2v) is 6.99. The van der Waals surface area contributed by atoms with Gasteiger partial charge in [0.2, 0.25) is 5.91 Å². The van der Waals surface area contributed by atoms with E-state index >= 15 is 0 Å². The summed E-state index contributed by atoms with van der Waals surface area (Å²) in [6.07, 6.45) is 9.42. The van der Waals surface area contributed by atoms with Crippen molar-refractivity contribution < 1.29 is 4.79 Å². The average molecular weight is 376 g/mol. The quantitative estimate of drug-likeness (QED) is 0.714. The van der Waals surface area contributed by atoms with Crippen molar-refractivity contribution in [2.24, 2.45) is 5.92 Å². The number of aromatic nitrogens is 4. The SMILES string of the molecule is O=C(NCCc1ccccc1)C1CCN(c2cc(-n3ccnc3)ncn2)CC1. The molecule has 0 bridgehead atoms. The highest BCUT2D eigenvalue weighted by atomic mass is 16.1. The van der Waals surface area contributed by atoms with Crippen LogP contribution in [-0.4, -0.2) is 45.1 Å². The van der Waals surface area contributed by atoms with Crippen LogP contribution in [-0.2, 0) is 11.2 Å². The lowest BCUT2D eigenvalue weighted by molar-refractivity contribution is -0.125. The molecule has 3 aromatic rings. The van der Waals surface area contributed by atoms with Gasteiger partial charge in [-0.15, -0.1) is 0 Å². The summed E-state index contributed by atoms with van der Waals surface area (Å²) in [6, 6.07) is 12.2. The molecule has 7 nitrogen and oxygen atoms in total. The third-order valence-electron chi connectivity index (χ3n) is 5.15. The maximum Gasteiger partial charge on any atom is 0.223 e. The lowest BCUT2D eigenvalue weighted by Gasteiger charge is -2.32. The predicted octanol–water partition coefficient (Wildman–Crippen LogP) is 2.24. The van der Waals surface area contributed by atoms with Crippen molar-refractivity contribution in [3.8, 4) is 5.82 Å². The molecular weight excluding hydrogens is 352 g/mol. The molecule has 1 aromatic carbocycles. The fraction of sp³-hybridized carbons (Fsp3) is 0.333. The van der Waals surface area contributed by atoms with Crippen molar-refractivity contribution >= 4 is 11.7 Å². The molecule has 2 aromatic heterocycles. The van der Waals surface area contributed by atoms with Gasteiger partial charge < -0.3 is 10.2 Å². The summed E-state index contributed by atoms with van der Waals surface area (Å²) in [7, 11) is 0. The molecule has 0 atom stereocenters. The molecule has 1 N–H and O–H groups in total. The molecule has 1 aliphatic heterocycles. The molecule has 1 fully saturated rings. The minimum Gasteiger partial charge on any atom is -0.356 e. The predicted molar refractivity (Wildman–Crippen MR) is 107 cm³/mol. The number of imidazole rings is 1. The summed E-state index contributed by atoms with van der Waals surface area (Å²) in [5, 5.41) is 3.09. The number of hydrogen-bond acceptors (Lipinski definition) is 5. The topological polar surface area (TPSA) is 75.9 Å². The summed E-state index contributed by atoms with van der Waals surface area (Å²) in [5.74, 6) is 1.92. The highest BCUT2D eigenvalue weighted by Gasteiger charge is 2.25. The van der Waals surface area contributed by atoms with E-state index in [0.29, 0.717) is 6.54 Å². The van der Waals surface area contributed by atoms with Crippen molar-refractivity contribution in [3.63, 3.8) is 0 Å². The van der Waals surface area contributed by atoms with Crippen LogP contribution in [0.5, 0.6) is 0 Å². The summed E-state index contributed by atoms with van der Waals surface area (Å²) < 4.78 is 1.86. The standard InChI is InChI=1S/C21H24N6O/c28-21(23-9-6-17-4-2-1-3-5-17)18-7-11-26(12-8-18)19-14-20(25-15-24-19)27-13-10-22-16-27/h1-5,10,13-16,18H,6-9,11-12H2,(H,23,28). The number of rotatable bonds is 6. The Morgan fingerprint density at radius 3 is 2.64 bits per heavy atom. The number of carbonyl (C=O) groups excluding carboxylic acids is 1. The van der Waals surface area contributed by atoms with Gasteiger partial charge in [-0.25, -0.2) is 15.0 Å². The van der Waals surface area contributed by atoms with Crippen molar-refractivity contribution in [1.29, 1.82) is 0 Å². The molecule has 144 valence electrons. The molecule has 0 spiro atoms. The number of nitrogens with zero attached hydrogens (tertiary/aromatic N) is 5. The Bertz CT molecular complexity index is 888. The first kappa shape index (κ1) is 18.2. The molecule has 0 saturated carbocycles. The Labute approximate surface area is 164 Å².